The molecule has 1 fully saturated rings. The first kappa shape index (κ1) is 11.8. The molecule has 0 aliphatic carbocycles. The molecule has 6 nitrogen and oxygen atoms in total. The van der Waals surface area contributed by atoms with E-state index in [1.54, 1.807) is 19.0 Å². The van der Waals surface area contributed by atoms with Crippen LogP contribution in [-0.4, -0.2) is 76.7 Å². The molecule has 1 heterocycles. The molecule has 4 N–H and O–H groups in total. The second-order valence-electron chi connectivity index (χ2n) is 3.90. The Morgan fingerprint density at radius 1 is 1.36 bits per heavy atom. The predicted octanol–water partition coefficient (Wildman–Crippen LogP) is -2.65. The van der Waals surface area contributed by atoms with Crippen molar-refractivity contribution in [3.63, 3.8) is 0 Å². The zero-order valence-electron chi connectivity index (χ0n) is 8.29. The van der Waals surface area contributed by atoms with Crippen LogP contribution < -0.4 is 0 Å². The van der Waals surface area contributed by atoms with Crippen molar-refractivity contribution < 1.29 is 25.2 Å². The molecule has 0 aromatic heterocycles. The Hall–Kier alpha value is -0.240. The Bertz CT molecular complexity index is 200. The van der Waals surface area contributed by atoms with Crippen molar-refractivity contribution in [2.24, 2.45) is 0 Å². The lowest BCUT2D eigenvalue weighted by Crippen LogP contribution is -2.64. The molecule has 0 aromatic carbocycles. The van der Waals surface area contributed by atoms with E-state index >= 15 is 0 Å². The fourth-order valence-corrected chi connectivity index (χ4v) is 1.48. The average Bonchev–Trinajstić information content (AvgIpc) is 2.08. The summed E-state index contributed by atoms with van der Waals surface area (Å²) in [5.41, 5.74) is 0. The summed E-state index contributed by atoms with van der Waals surface area (Å²) in [5, 5.41) is 37.8. The van der Waals surface area contributed by atoms with E-state index in [0.29, 0.717) is 0 Å². The van der Waals surface area contributed by atoms with E-state index in [1.165, 1.54) is 0 Å². The third-order valence-electron chi connectivity index (χ3n) is 2.23. The maximum atomic E-state index is 9.81. The molecule has 1 rings (SSSR count). The van der Waals surface area contributed by atoms with E-state index in [-0.39, 0.29) is 13.2 Å². The zero-order chi connectivity index (χ0) is 10.9. The van der Waals surface area contributed by atoms with Gasteiger partial charge in [0.15, 0.2) is 0 Å². The van der Waals surface area contributed by atoms with Crippen LogP contribution in [0.1, 0.15) is 0 Å². The van der Waals surface area contributed by atoms with Gasteiger partial charge < -0.3 is 30.1 Å². The van der Waals surface area contributed by atoms with Gasteiger partial charge in [0.25, 0.3) is 0 Å². The molecule has 0 bridgehead atoms. The van der Waals surface area contributed by atoms with Crippen molar-refractivity contribution in [2.75, 3.05) is 27.2 Å². The summed E-state index contributed by atoms with van der Waals surface area (Å²) in [6, 6.07) is 0. The lowest BCUT2D eigenvalue weighted by molar-refractivity contribution is -0.323. The van der Waals surface area contributed by atoms with Crippen LogP contribution >= 0.6 is 0 Å². The second-order valence-corrected chi connectivity index (χ2v) is 3.90. The highest BCUT2D eigenvalue weighted by molar-refractivity contribution is 4.92. The molecule has 1 aliphatic rings. The summed E-state index contributed by atoms with van der Waals surface area (Å²) in [7, 11) is 3.40. The van der Waals surface area contributed by atoms with Gasteiger partial charge in [-0.3, -0.25) is 0 Å². The van der Waals surface area contributed by atoms with Crippen molar-refractivity contribution in [3.05, 3.63) is 0 Å². The van der Waals surface area contributed by atoms with Crippen LogP contribution in [-0.2, 0) is 4.74 Å². The predicted molar refractivity (Wildman–Crippen MR) is 47.5 cm³/mol. The SMILES string of the molecule is CN(C)CC1(O)OC[C@@H](O)[C@@H](O)[C@@H]1O. The lowest BCUT2D eigenvalue weighted by Gasteiger charge is -2.42. The quantitative estimate of drug-likeness (QED) is 0.395. The number of aliphatic hydroxyl groups excluding tert-OH is 3. The van der Waals surface area contributed by atoms with Crippen LogP contribution in [0.25, 0.3) is 0 Å². The molecule has 0 amide bonds. The van der Waals surface area contributed by atoms with E-state index in [2.05, 4.69) is 0 Å². The van der Waals surface area contributed by atoms with Gasteiger partial charge >= 0.3 is 0 Å². The Morgan fingerprint density at radius 2 is 1.93 bits per heavy atom. The molecule has 0 spiro atoms. The topological polar surface area (TPSA) is 93.4 Å². The summed E-state index contributed by atoms with van der Waals surface area (Å²) < 4.78 is 4.93. The molecule has 1 unspecified atom stereocenters. The molecule has 84 valence electrons. The Labute approximate surface area is 82.3 Å². The van der Waals surface area contributed by atoms with Gasteiger partial charge in [-0.1, -0.05) is 0 Å². The molecule has 0 aromatic rings. The van der Waals surface area contributed by atoms with Crippen molar-refractivity contribution in [1.29, 1.82) is 0 Å². The van der Waals surface area contributed by atoms with Gasteiger partial charge in [0.1, 0.15) is 18.3 Å². The third kappa shape index (κ3) is 2.22. The number of rotatable bonds is 2. The minimum absolute atomic E-state index is 0.0535. The third-order valence-corrected chi connectivity index (χ3v) is 2.23. The van der Waals surface area contributed by atoms with E-state index in [1.807, 2.05) is 0 Å². The minimum atomic E-state index is -1.82. The van der Waals surface area contributed by atoms with Crippen LogP contribution in [0.4, 0.5) is 0 Å². The highest BCUT2D eigenvalue weighted by atomic mass is 16.6. The standard InChI is InChI=1S/C8H17NO5/c1-9(2)4-8(13)7(12)6(11)5(10)3-14-8/h5-7,10-13H,3-4H2,1-2H3/t5-,6-,7+,8?/m1/s1. The molecule has 0 radical (unpaired) electrons. The maximum Gasteiger partial charge on any atom is 0.207 e. The monoisotopic (exact) mass is 207 g/mol. The normalized spacial score (nSPS) is 44.4. The van der Waals surface area contributed by atoms with Crippen LogP contribution in [0.2, 0.25) is 0 Å². The second kappa shape index (κ2) is 4.09. The summed E-state index contributed by atoms with van der Waals surface area (Å²) in [5.74, 6) is -1.82. The fraction of sp³-hybridized carbons (Fsp3) is 1.00. The summed E-state index contributed by atoms with van der Waals surface area (Å²) in [6.07, 6.45) is -4.05. The fourth-order valence-electron chi connectivity index (χ4n) is 1.48. The van der Waals surface area contributed by atoms with Crippen molar-refractivity contribution in [2.45, 2.75) is 24.1 Å². The molecule has 1 aliphatic heterocycles. The van der Waals surface area contributed by atoms with E-state index in [0.717, 1.165) is 0 Å². The van der Waals surface area contributed by atoms with E-state index in [9.17, 15) is 15.3 Å². The van der Waals surface area contributed by atoms with Gasteiger partial charge in [0.05, 0.1) is 13.2 Å². The first-order chi connectivity index (χ1) is 6.37. The first-order valence-electron chi connectivity index (χ1n) is 4.42. The number of aliphatic hydroxyl groups is 4. The largest absolute Gasteiger partial charge is 0.388 e. The van der Waals surface area contributed by atoms with Gasteiger partial charge in [-0.2, -0.15) is 0 Å². The molecule has 1 saturated heterocycles. The smallest absolute Gasteiger partial charge is 0.207 e. The van der Waals surface area contributed by atoms with E-state index in [4.69, 9.17) is 9.84 Å². The number of hydrogen-bond acceptors (Lipinski definition) is 6. The lowest BCUT2D eigenvalue weighted by atomic mass is 9.96. The molecule has 14 heavy (non-hydrogen) atoms. The van der Waals surface area contributed by atoms with Crippen LogP contribution in [0, 0.1) is 0 Å². The maximum absolute atomic E-state index is 9.81. The summed E-state index contributed by atoms with van der Waals surface area (Å²) in [4.78, 5) is 1.62. The number of likely N-dealkylation sites (N-methyl/N-ethyl adjacent to an activating group) is 1. The molecular formula is C8H17NO5. The molecule has 0 saturated carbocycles. The van der Waals surface area contributed by atoms with Gasteiger partial charge in [0.2, 0.25) is 5.79 Å². The molecular weight excluding hydrogens is 190 g/mol. The van der Waals surface area contributed by atoms with Gasteiger partial charge in [-0.25, -0.2) is 0 Å². The van der Waals surface area contributed by atoms with Gasteiger partial charge in [-0.15, -0.1) is 0 Å². The highest BCUT2D eigenvalue weighted by Gasteiger charge is 2.48. The highest BCUT2D eigenvalue weighted by Crippen LogP contribution is 2.24. The zero-order valence-corrected chi connectivity index (χ0v) is 8.29. The van der Waals surface area contributed by atoms with Crippen molar-refractivity contribution >= 4 is 0 Å². The summed E-state index contributed by atoms with van der Waals surface area (Å²) >= 11 is 0. The van der Waals surface area contributed by atoms with Gasteiger partial charge in [0, 0.05) is 0 Å². The van der Waals surface area contributed by atoms with Crippen LogP contribution in [0.3, 0.4) is 0 Å². The first-order valence-corrected chi connectivity index (χ1v) is 4.42. The number of ether oxygens (including phenoxy) is 1. The Kier molecular flexibility index (Phi) is 3.46. The van der Waals surface area contributed by atoms with Gasteiger partial charge in [-0.05, 0) is 14.1 Å². The average molecular weight is 207 g/mol. The minimum Gasteiger partial charge on any atom is -0.388 e. The van der Waals surface area contributed by atoms with Crippen molar-refractivity contribution in [1.82, 2.24) is 4.90 Å². The summed E-state index contributed by atoms with van der Waals surface area (Å²) in [6.45, 7) is -0.138. The van der Waals surface area contributed by atoms with E-state index < -0.39 is 24.1 Å². The van der Waals surface area contributed by atoms with Crippen LogP contribution in [0.5, 0.6) is 0 Å². The number of nitrogens with zero attached hydrogens (tertiary/aromatic N) is 1. The molecule has 6 heteroatoms. The Balaban J connectivity index is 2.69. The van der Waals surface area contributed by atoms with Crippen LogP contribution in [0.15, 0.2) is 0 Å². The molecule has 4 atom stereocenters. The number of hydrogen-bond donors (Lipinski definition) is 4. The van der Waals surface area contributed by atoms with Crippen molar-refractivity contribution in [3.8, 4) is 0 Å². The Morgan fingerprint density at radius 3 is 2.43 bits per heavy atom.